The molecule has 2 amide bonds. The van der Waals surface area contributed by atoms with Gasteiger partial charge in [0, 0.05) is 45.8 Å². The number of carbonyl (C=O) groups is 3. The van der Waals surface area contributed by atoms with Gasteiger partial charge in [0.1, 0.15) is 5.78 Å². The van der Waals surface area contributed by atoms with Crippen LogP contribution in [-0.2, 0) is 14.4 Å². The van der Waals surface area contributed by atoms with Crippen LogP contribution in [0.5, 0.6) is 0 Å². The molecule has 5 heteroatoms. The third-order valence-corrected chi connectivity index (χ3v) is 2.99. The summed E-state index contributed by atoms with van der Waals surface area (Å²) in [6, 6.07) is 0. The summed E-state index contributed by atoms with van der Waals surface area (Å²) in [5, 5.41) is 2.48. The molecular weight excluding hydrogens is 220 g/mol. The predicted octanol–water partition coefficient (Wildman–Crippen LogP) is 0.484. The molecule has 96 valence electrons. The predicted molar refractivity (Wildman–Crippen MR) is 63.4 cm³/mol. The Balaban J connectivity index is 2.18. The lowest BCUT2D eigenvalue weighted by atomic mass is 10.1. The van der Waals surface area contributed by atoms with Gasteiger partial charge in [0.25, 0.3) is 0 Å². The van der Waals surface area contributed by atoms with Crippen molar-refractivity contribution in [2.24, 2.45) is 0 Å². The van der Waals surface area contributed by atoms with E-state index in [0.717, 1.165) is 19.4 Å². The molecule has 17 heavy (non-hydrogen) atoms. The van der Waals surface area contributed by atoms with E-state index in [9.17, 15) is 14.4 Å². The Morgan fingerprint density at radius 1 is 1.24 bits per heavy atom. The smallest absolute Gasteiger partial charge is 0.222 e. The van der Waals surface area contributed by atoms with Crippen LogP contribution in [0, 0.1) is 0 Å². The Labute approximate surface area is 102 Å². The third-order valence-electron chi connectivity index (χ3n) is 2.99. The van der Waals surface area contributed by atoms with Crippen LogP contribution in [0.15, 0.2) is 0 Å². The lowest BCUT2D eigenvalue weighted by Gasteiger charge is -2.26. The zero-order valence-electron chi connectivity index (χ0n) is 10.3. The molecule has 0 aromatic heterocycles. The number of nitrogens with one attached hydrogen (secondary N) is 1. The second-order valence-corrected chi connectivity index (χ2v) is 4.30. The summed E-state index contributed by atoms with van der Waals surface area (Å²) < 4.78 is 0. The van der Waals surface area contributed by atoms with E-state index in [2.05, 4.69) is 5.32 Å². The lowest BCUT2D eigenvalue weighted by molar-refractivity contribution is -0.134. The molecule has 1 heterocycles. The van der Waals surface area contributed by atoms with Gasteiger partial charge in [0.05, 0.1) is 0 Å². The van der Waals surface area contributed by atoms with Crippen molar-refractivity contribution in [2.45, 2.75) is 38.5 Å². The first-order valence-corrected chi connectivity index (χ1v) is 6.13. The van der Waals surface area contributed by atoms with Crippen LogP contribution in [-0.4, -0.2) is 42.6 Å². The zero-order chi connectivity index (χ0) is 12.7. The summed E-state index contributed by atoms with van der Waals surface area (Å²) in [6.45, 7) is 1.27. The lowest BCUT2D eigenvalue weighted by Crippen LogP contribution is -2.36. The molecule has 1 aliphatic rings. The maximum absolute atomic E-state index is 11.5. The minimum absolute atomic E-state index is 0.0481. The fourth-order valence-corrected chi connectivity index (χ4v) is 1.86. The van der Waals surface area contributed by atoms with Gasteiger partial charge < -0.3 is 10.2 Å². The van der Waals surface area contributed by atoms with E-state index in [0.29, 0.717) is 19.4 Å². The summed E-state index contributed by atoms with van der Waals surface area (Å²) in [6.07, 6.45) is 3.46. The maximum atomic E-state index is 11.5. The highest BCUT2D eigenvalue weighted by atomic mass is 16.2. The maximum Gasteiger partial charge on any atom is 0.222 e. The second-order valence-electron chi connectivity index (χ2n) is 4.30. The van der Waals surface area contributed by atoms with Crippen LogP contribution < -0.4 is 5.32 Å². The topological polar surface area (TPSA) is 66.5 Å². The van der Waals surface area contributed by atoms with Crippen LogP contribution in [0.2, 0.25) is 0 Å². The molecule has 0 radical (unpaired) electrons. The van der Waals surface area contributed by atoms with Gasteiger partial charge >= 0.3 is 0 Å². The fraction of sp³-hybridized carbons (Fsp3) is 0.750. The molecule has 0 atom stereocenters. The van der Waals surface area contributed by atoms with Crippen molar-refractivity contribution in [3.63, 3.8) is 0 Å². The third kappa shape index (κ3) is 4.97. The first-order chi connectivity index (χ1) is 8.13. The van der Waals surface area contributed by atoms with Crippen LogP contribution in [0.3, 0.4) is 0 Å². The quantitative estimate of drug-likeness (QED) is 0.734. The van der Waals surface area contributed by atoms with Gasteiger partial charge in [0.2, 0.25) is 11.8 Å². The first kappa shape index (κ1) is 13.7. The number of amides is 2. The van der Waals surface area contributed by atoms with Gasteiger partial charge in [-0.3, -0.25) is 14.4 Å². The average Bonchev–Trinajstić information content (AvgIpc) is 2.35. The van der Waals surface area contributed by atoms with Crippen molar-refractivity contribution < 1.29 is 14.4 Å². The largest absolute Gasteiger partial charge is 0.359 e. The summed E-state index contributed by atoms with van der Waals surface area (Å²) in [7, 11) is 1.55. The molecule has 0 unspecified atom stereocenters. The van der Waals surface area contributed by atoms with Gasteiger partial charge in [-0.25, -0.2) is 0 Å². The van der Waals surface area contributed by atoms with Gasteiger partial charge in [0.15, 0.2) is 0 Å². The van der Waals surface area contributed by atoms with E-state index in [4.69, 9.17) is 0 Å². The average molecular weight is 240 g/mol. The molecule has 1 fully saturated rings. The van der Waals surface area contributed by atoms with Crippen molar-refractivity contribution in [3.8, 4) is 0 Å². The Hall–Kier alpha value is -1.39. The van der Waals surface area contributed by atoms with E-state index in [1.165, 1.54) is 0 Å². The van der Waals surface area contributed by atoms with Crippen molar-refractivity contribution in [2.75, 3.05) is 20.1 Å². The molecule has 1 N–H and O–H groups in total. The molecule has 0 aliphatic carbocycles. The molecular formula is C12H20N2O3. The summed E-state index contributed by atoms with van der Waals surface area (Å²) in [4.78, 5) is 35.7. The fourth-order valence-electron chi connectivity index (χ4n) is 1.86. The highest BCUT2D eigenvalue weighted by Gasteiger charge is 2.18. The highest BCUT2D eigenvalue weighted by Crippen LogP contribution is 2.11. The van der Waals surface area contributed by atoms with E-state index >= 15 is 0 Å². The number of hydrogen-bond donors (Lipinski definition) is 1. The molecule has 5 nitrogen and oxygen atoms in total. The Kier molecular flexibility index (Phi) is 5.66. The number of likely N-dealkylation sites (tertiary alicyclic amines) is 1. The van der Waals surface area contributed by atoms with E-state index < -0.39 is 0 Å². The zero-order valence-corrected chi connectivity index (χ0v) is 10.3. The standard InChI is InChI=1S/C12H20N2O3/c1-13-11(16)6-5-10(15)7-9-14-8-3-2-4-12(14)17/h2-9H2,1H3,(H,13,16). The molecule has 1 saturated heterocycles. The Morgan fingerprint density at radius 3 is 2.65 bits per heavy atom. The molecule has 0 saturated carbocycles. The number of hydrogen-bond acceptors (Lipinski definition) is 3. The van der Waals surface area contributed by atoms with Gasteiger partial charge in [-0.1, -0.05) is 0 Å². The number of ketones is 1. The number of piperidine rings is 1. The van der Waals surface area contributed by atoms with Crippen LogP contribution in [0.4, 0.5) is 0 Å². The molecule has 0 aromatic carbocycles. The van der Waals surface area contributed by atoms with Gasteiger partial charge in [-0.15, -0.1) is 0 Å². The SMILES string of the molecule is CNC(=O)CCC(=O)CCN1CCCCC1=O. The molecule has 1 aliphatic heterocycles. The normalized spacial score (nSPS) is 15.8. The monoisotopic (exact) mass is 240 g/mol. The van der Waals surface area contributed by atoms with Crippen LogP contribution in [0.1, 0.15) is 38.5 Å². The molecule has 0 aromatic rings. The minimum atomic E-state index is -0.118. The molecule has 0 spiro atoms. The van der Waals surface area contributed by atoms with Crippen molar-refractivity contribution in [3.05, 3.63) is 0 Å². The van der Waals surface area contributed by atoms with Crippen LogP contribution >= 0.6 is 0 Å². The number of carbonyl (C=O) groups excluding carboxylic acids is 3. The first-order valence-electron chi connectivity index (χ1n) is 6.13. The summed E-state index contributed by atoms with van der Waals surface area (Å²) >= 11 is 0. The van der Waals surface area contributed by atoms with Crippen molar-refractivity contribution >= 4 is 17.6 Å². The number of nitrogens with zero attached hydrogens (tertiary/aromatic N) is 1. The van der Waals surface area contributed by atoms with E-state index in [1.54, 1.807) is 11.9 Å². The van der Waals surface area contributed by atoms with E-state index in [1.807, 2.05) is 0 Å². The van der Waals surface area contributed by atoms with Crippen molar-refractivity contribution in [1.29, 1.82) is 0 Å². The molecule has 0 bridgehead atoms. The number of Topliss-reactive ketones (excluding diaryl/α,β-unsaturated/α-hetero) is 1. The highest BCUT2D eigenvalue weighted by molar-refractivity contribution is 5.85. The van der Waals surface area contributed by atoms with Gasteiger partial charge in [-0.05, 0) is 12.8 Å². The molecule has 1 rings (SSSR count). The Bertz CT molecular complexity index is 302. The Morgan fingerprint density at radius 2 is 2.00 bits per heavy atom. The van der Waals surface area contributed by atoms with Crippen molar-refractivity contribution in [1.82, 2.24) is 10.2 Å². The summed E-state index contributed by atoms with van der Waals surface area (Å²) in [5.74, 6) is 0.0784. The number of rotatable bonds is 6. The second kappa shape index (κ2) is 7.04. The van der Waals surface area contributed by atoms with Crippen LogP contribution in [0.25, 0.3) is 0 Å². The van der Waals surface area contributed by atoms with Gasteiger partial charge in [-0.2, -0.15) is 0 Å². The minimum Gasteiger partial charge on any atom is -0.359 e. The van der Waals surface area contributed by atoms with E-state index in [-0.39, 0.29) is 30.4 Å². The summed E-state index contributed by atoms with van der Waals surface area (Å²) in [5.41, 5.74) is 0.